The van der Waals surface area contributed by atoms with Crippen molar-refractivity contribution >= 4 is 32.6 Å². The van der Waals surface area contributed by atoms with E-state index in [1.54, 1.807) is 0 Å². The molecule has 0 bridgehead atoms. The zero-order valence-corrected chi connectivity index (χ0v) is 13.7. The number of hydrogen-bond donors (Lipinski definition) is 1. The fourth-order valence-electron chi connectivity index (χ4n) is 3.34. The molecule has 0 aliphatic heterocycles. The van der Waals surface area contributed by atoms with E-state index in [4.69, 9.17) is 0 Å². The molecule has 24 heavy (non-hydrogen) atoms. The zero-order chi connectivity index (χ0) is 16.5. The summed E-state index contributed by atoms with van der Waals surface area (Å²) < 4.78 is 22.4. The summed E-state index contributed by atoms with van der Waals surface area (Å²) in [5.41, 5.74) is 1.76. The van der Waals surface area contributed by atoms with Crippen molar-refractivity contribution in [3.05, 3.63) is 96.1 Å². The number of rotatable bonds is 3. The Kier molecular flexibility index (Phi) is 3.89. The van der Waals surface area contributed by atoms with E-state index in [1.807, 2.05) is 84.9 Å². The van der Waals surface area contributed by atoms with Crippen molar-refractivity contribution in [1.82, 2.24) is 0 Å². The predicted molar refractivity (Wildman–Crippen MR) is 101 cm³/mol. The molecule has 1 unspecified atom stereocenters. The minimum Gasteiger partial charge on any atom is -0.305 e. The van der Waals surface area contributed by atoms with Crippen LogP contribution >= 0.6 is 0 Å². The summed E-state index contributed by atoms with van der Waals surface area (Å²) in [6.45, 7) is 0. The van der Waals surface area contributed by atoms with Crippen molar-refractivity contribution in [2.75, 3.05) is 0 Å². The van der Waals surface area contributed by atoms with Crippen molar-refractivity contribution in [2.45, 2.75) is 5.25 Å². The van der Waals surface area contributed by atoms with Gasteiger partial charge in [0.15, 0.2) is 11.1 Å². The first kappa shape index (κ1) is 15.1. The third-order valence-electron chi connectivity index (χ3n) is 4.41. The molecular weight excluding hydrogens is 316 g/mol. The van der Waals surface area contributed by atoms with Gasteiger partial charge in [-0.2, -0.15) is 0 Å². The minimum absolute atomic E-state index is 0.581. The van der Waals surface area contributed by atoms with Crippen molar-refractivity contribution < 1.29 is 8.76 Å². The van der Waals surface area contributed by atoms with Gasteiger partial charge < -0.3 is 4.55 Å². The van der Waals surface area contributed by atoms with Crippen molar-refractivity contribution in [3.8, 4) is 0 Å². The van der Waals surface area contributed by atoms with Crippen LogP contribution < -0.4 is 0 Å². The molecule has 118 valence electrons. The molecule has 0 heterocycles. The third-order valence-corrected chi connectivity index (χ3v) is 5.32. The molecular formula is C21H16O2S. The Hall–Kier alpha value is -2.49. The highest BCUT2D eigenvalue weighted by atomic mass is 32.2. The lowest BCUT2D eigenvalue weighted by atomic mass is 9.94. The van der Waals surface area contributed by atoms with Gasteiger partial charge in [0.1, 0.15) is 5.25 Å². The van der Waals surface area contributed by atoms with Crippen molar-refractivity contribution in [3.63, 3.8) is 0 Å². The molecule has 4 aromatic rings. The Balaban J connectivity index is 2.02. The first-order chi connectivity index (χ1) is 11.8. The number of benzene rings is 4. The summed E-state index contributed by atoms with van der Waals surface area (Å²) in [6, 6.07) is 27.8. The molecule has 0 spiro atoms. The van der Waals surface area contributed by atoms with E-state index in [-0.39, 0.29) is 0 Å². The molecule has 0 radical (unpaired) electrons. The van der Waals surface area contributed by atoms with Crippen LogP contribution in [0.4, 0.5) is 0 Å². The molecule has 4 rings (SSSR count). The van der Waals surface area contributed by atoms with Crippen LogP contribution in [0.15, 0.2) is 84.9 Å². The quantitative estimate of drug-likeness (QED) is 0.517. The predicted octanol–water partition coefficient (Wildman–Crippen LogP) is 5.30. The second kappa shape index (κ2) is 6.19. The van der Waals surface area contributed by atoms with Gasteiger partial charge in [-0.05, 0) is 32.7 Å². The van der Waals surface area contributed by atoms with E-state index in [2.05, 4.69) is 0 Å². The molecule has 1 N–H and O–H groups in total. The van der Waals surface area contributed by atoms with E-state index in [0.717, 1.165) is 32.7 Å². The summed E-state index contributed by atoms with van der Waals surface area (Å²) in [7, 11) is 0. The Morgan fingerprint density at radius 3 is 1.50 bits per heavy atom. The highest BCUT2D eigenvalue weighted by molar-refractivity contribution is 7.79. The molecule has 0 aliphatic carbocycles. The topological polar surface area (TPSA) is 37.3 Å². The van der Waals surface area contributed by atoms with E-state index >= 15 is 0 Å². The van der Waals surface area contributed by atoms with Crippen LogP contribution in [0.5, 0.6) is 0 Å². The molecule has 3 heteroatoms. The molecule has 2 nitrogen and oxygen atoms in total. The Morgan fingerprint density at radius 1 is 0.625 bits per heavy atom. The highest BCUT2D eigenvalue weighted by Gasteiger charge is 2.23. The monoisotopic (exact) mass is 332 g/mol. The van der Waals surface area contributed by atoms with Gasteiger partial charge in [-0.15, -0.1) is 0 Å². The summed E-state index contributed by atoms with van der Waals surface area (Å²) in [5, 5.41) is 3.60. The molecule has 0 saturated carbocycles. The normalized spacial score (nSPS) is 12.8. The van der Waals surface area contributed by atoms with E-state index in [9.17, 15) is 8.76 Å². The molecule has 0 amide bonds. The largest absolute Gasteiger partial charge is 0.305 e. The maximum atomic E-state index is 12.3. The standard InChI is InChI=1S/C21H16O2S/c22-24(23)21(19-13-5-9-15-7-1-3-11-17(15)19)20-14-6-10-16-8-2-4-12-18(16)20/h1-14,21H,(H,22,23). The lowest BCUT2D eigenvalue weighted by Gasteiger charge is -2.18. The van der Waals surface area contributed by atoms with Gasteiger partial charge in [0, 0.05) is 0 Å². The maximum Gasteiger partial charge on any atom is 0.165 e. The first-order valence-electron chi connectivity index (χ1n) is 7.81. The SMILES string of the molecule is O=S(O)C(c1cccc2ccccc12)c1cccc2ccccc12. The van der Waals surface area contributed by atoms with Gasteiger partial charge in [-0.3, -0.25) is 0 Å². The number of hydrogen-bond acceptors (Lipinski definition) is 1. The van der Waals surface area contributed by atoms with Gasteiger partial charge >= 0.3 is 0 Å². The van der Waals surface area contributed by atoms with Gasteiger partial charge in [0.05, 0.1) is 0 Å². The summed E-state index contributed by atoms with van der Waals surface area (Å²) in [6.07, 6.45) is 0. The van der Waals surface area contributed by atoms with Gasteiger partial charge in [0.25, 0.3) is 0 Å². The smallest absolute Gasteiger partial charge is 0.165 e. The Morgan fingerprint density at radius 2 is 1.04 bits per heavy atom. The Labute approximate surface area is 143 Å². The van der Waals surface area contributed by atoms with Gasteiger partial charge in [0.2, 0.25) is 0 Å². The molecule has 0 aromatic heterocycles. The lowest BCUT2D eigenvalue weighted by Crippen LogP contribution is -2.08. The molecule has 4 aromatic carbocycles. The Bertz CT molecular complexity index is 966. The minimum atomic E-state index is -2.02. The maximum absolute atomic E-state index is 12.3. The summed E-state index contributed by atoms with van der Waals surface area (Å²) in [5.74, 6) is 0. The molecule has 0 fully saturated rings. The second-order valence-corrected chi connectivity index (χ2v) is 6.82. The summed E-state index contributed by atoms with van der Waals surface area (Å²) in [4.78, 5) is 0. The van der Waals surface area contributed by atoms with Crippen molar-refractivity contribution in [1.29, 1.82) is 0 Å². The second-order valence-electron chi connectivity index (χ2n) is 5.79. The van der Waals surface area contributed by atoms with Crippen LogP contribution in [0, 0.1) is 0 Å². The van der Waals surface area contributed by atoms with Crippen LogP contribution in [0.2, 0.25) is 0 Å². The third kappa shape index (κ3) is 2.52. The highest BCUT2D eigenvalue weighted by Crippen LogP contribution is 2.36. The van der Waals surface area contributed by atoms with E-state index < -0.39 is 16.3 Å². The first-order valence-corrected chi connectivity index (χ1v) is 8.97. The van der Waals surface area contributed by atoms with Crippen LogP contribution in [0.3, 0.4) is 0 Å². The van der Waals surface area contributed by atoms with Crippen LogP contribution in [-0.4, -0.2) is 8.76 Å². The van der Waals surface area contributed by atoms with Gasteiger partial charge in [-0.1, -0.05) is 84.9 Å². The lowest BCUT2D eigenvalue weighted by molar-refractivity contribution is 0.557. The number of fused-ring (bicyclic) bond motifs is 2. The summed E-state index contributed by atoms with van der Waals surface area (Å²) >= 11 is -2.02. The van der Waals surface area contributed by atoms with Crippen LogP contribution in [-0.2, 0) is 11.1 Å². The van der Waals surface area contributed by atoms with E-state index in [1.165, 1.54) is 0 Å². The molecule has 0 aliphatic rings. The fraction of sp³-hybridized carbons (Fsp3) is 0.0476. The van der Waals surface area contributed by atoms with Gasteiger partial charge in [-0.25, -0.2) is 4.21 Å². The van der Waals surface area contributed by atoms with Crippen LogP contribution in [0.25, 0.3) is 21.5 Å². The van der Waals surface area contributed by atoms with E-state index in [0.29, 0.717) is 0 Å². The fourth-order valence-corrected chi connectivity index (χ4v) is 4.19. The molecule has 0 saturated heterocycles. The zero-order valence-electron chi connectivity index (χ0n) is 12.9. The van der Waals surface area contributed by atoms with Crippen LogP contribution in [0.1, 0.15) is 16.4 Å². The van der Waals surface area contributed by atoms with Crippen molar-refractivity contribution in [2.24, 2.45) is 0 Å². The average Bonchev–Trinajstić information content (AvgIpc) is 2.62. The molecule has 1 atom stereocenters. The average molecular weight is 332 g/mol.